The van der Waals surface area contributed by atoms with Crippen molar-refractivity contribution >= 4 is 22.5 Å². The molecule has 1 fully saturated rings. The van der Waals surface area contributed by atoms with Crippen LogP contribution in [0.1, 0.15) is 49.2 Å². The van der Waals surface area contributed by atoms with Crippen molar-refractivity contribution in [2.75, 3.05) is 29.9 Å². The zero-order valence-corrected chi connectivity index (χ0v) is 18.4. The van der Waals surface area contributed by atoms with E-state index < -0.39 is 29.4 Å². The molecule has 0 amide bonds. The Morgan fingerprint density at radius 1 is 1.24 bits per heavy atom. The Labute approximate surface area is 189 Å². The van der Waals surface area contributed by atoms with Gasteiger partial charge in [0.05, 0.1) is 28.9 Å². The van der Waals surface area contributed by atoms with Gasteiger partial charge in [0, 0.05) is 37.1 Å². The summed E-state index contributed by atoms with van der Waals surface area (Å²) in [5, 5.41) is 23.6. The molecule has 2 aromatic heterocycles. The van der Waals surface area contributed by atoms with Gasteiger partial charge < -0.3 is 20.4 Å². The molecule has 176 valence electrons. The average molecular weight is 461 g/mol. The molecule has 1 unspecified atom stereocenters. The van der Waals surface area contributed by atoms with Crippen LogP contribution in [0.2, 0.25) is 0 Å². The van der Waals surface area contributed by atoms with Crippen molar-refractivity contribution in [3.05, 3.63) is 53.2 Å². The van der Waals surface area contributed by atoms with E-state index in [0.29, 0.717) is 47.9 Å². The van der Waals surface area contributed by atoms with E-state index in [2.05, 4.69) is 20.3 Å². The SMILES string of the molecule is Cc1nc(N[C@H](C)c2cccc(C(F)F)c2F)c2cc(N3CCC(O)(CCO)C3)ncc2n1. The van der Waals surface area contributed by atoms with Crippen LogP contribution in [-0.2, 0) is 0 Å². The third-order valence-electron chi connectivity index (χ3n) is 6.03. The lowest BCUT2D eigenvalue weighted by Crippen LogP contribution is -2.34. The minimum atomic E-state index is -2.90. The number of alkyl halides is 2. The fourth-order valence-corrected chi connectivity index (χ4v) is 4.24. The van der Waals surface area contributed by atoms with Crippen LogP contribution in [0.5, 0.6) is 0 Å². The first-order chi connectivity index (χ1) is 15.7. The highest BCUT2D eigenvalue weighted by molar-refractivity contribution is 5.90. The van der Waals surface area contributed by atoms with Gasteiger partial charge in [-0.25, -0.2) is 28.1 Å². The molecule has 7 nitrogen and oxygen atoms in total. The maximum absolute atomic E-state index is 14.7. The van der Waals surface area contributed by atoms with Gasteiger partial charge in [-0.3, -0.25) is 0 Å². The van der Waals surface area contributed by atoms with E-state index in [1.807, 2.05) is 4.90 Å². The van der Waals surface area contributed by atoms with Gasteiger partial charge in [0.15, 0.2) is 0 Å². The minimum absolute atomic E-state index is 0.0993. The van der Waals surface area contributed by atoms with E-state index in [1.54, 1.807) is 26.1 Å². The van der Waals surface area contributed by atoms with Crippen molar-refractivity contribution in [3.63, 3.8) is 0 Å². The number of hydrogen-bond acceptors (Lipinski definition) is 7. The number of β-amino-alcohol motifs (C(OH)–C–C–N with tert-alkyl or cyclic N) is 1. The molecule has 4 rings (SSSR count). The van der Waals surface area contributed by atoms with Crippen LogP contribution in [0.4, 0.5) is 24.8 Å². The Morgan fingerprint density at radius 3 is 2.73 bits per heavy atom. The first kappa shape index (κ1) is 23.2. The van der Waals surface area contributed by atoms with Gasteiger partial charge >= 0.3 is 0 Å². The summed E-state index contributed by atoms with van der Waals surface area (Å²) in [7, 11) is 0. The normalized spacial score (nSPS) is 19.5. The molecule has 0 spiro atoms. The number of aromatic nitrogens is 3. The zero-order chi connectivity index (χ0) is 23.8. The van der Waals surface area contributed by atoms with Crippen LogP contribution in [0.15, 0.2) is 30.5 Å². The fraction of sp³-hybridized carbons (Fsp3) is 0.435. The van der Waals surface area contributed by atoms with E-state index in [4.69, 9.17) is 0 Å². The van der Waals surface area contributed by atoms with Crippen LogP contribution in [0.25, 0.3) is 10.9 Å². The fourth-order valence-electron chi connectivity index (χ4n) is 4.24. The number of hydrogen-bond donors (Lipinski definition) is 3. The molecule has 1 aromatic carbocycles. The van der Waals surface area contributed by atoms with Gasteiger partial charge in [-0.2, -0.15) is 0 Å². The highest BCUT2D eigenvalue weighted by Crippen LogP contribution is 2.33. The number of nitrogens with zero attached hydrogens (tertiary/aromatic N) is 4. The topological polar surface area (TPSA) is 94.4 Å². The Bertz CT molecular complexity index is 1160. The van der Waals surface area contributed by atoms with Crippen molar-refractivity contribution in [1.29, 1.82) is 0 Å². The lowest BCUT2D eigenvalue weighted by molar-refractivity contribution is 0.0364. The second-order valence-corrected chi connectivity index (χ2v) is 8.47. The second kappa shape index (κ2) is 9.11. The number of benzene rings is 1. The van der Waals surface area contributed by atoms with Gasteiger partial charge in [0.2, 0.25) is 0 Å². The molecule has 0 radical (unpaired) electrons. The summed E-state index contributed by atoms with van der Waals surface area (Å²) in [4.78, 5) is 15.3. The molecule has 2 atom stereocenters. The van der Waals surface area contributed by atoms with Crippen LogP contribution >= 0.6 is 0 Å². The minimum Gasteiger partial charge on any atom is -0.396 e. The summed E-state index contributed by atoms with van der Waals surface area (Å²) in [6.07, 6.45) is -0.499. The lowest BCUT2D eigenvalue weighted by atomic mass is 10.00. The Hall–Kier alpha value is -2.98. The van der Waals surface area contributed by atoms with E-state index >= 15 is 0 Å². The number of fused-ring (bicyclic) bond motifs is 1. The number of rotatable bonds is 7. The van der Waals surface area contributed by atoms with Gasteiger partial charge in [-0.1, -0.05) is 18.2 Å². The summed E-state index contributed by atoms with van der Waals surface area (Å²) in [5.74, 6) is 0.586. The Morgan fingerprint density at radius 2 is 2.00 bits per heavy atom. The highest BCUT2D eigenvalue weighted by atomic mass is 19.3. The summed E-state index contributed by atoms with van der Waals surface area (Å²) in [5.41, 5.74) is -0.925. The van der Waals surface area contributed by atoms with E-state index in [9.17, 15) is 23.4 Å². The molecule has 1 aliphatic rings. The average Bonchev–Trinajstić information content (AvgIpc) is 3.15. The third kappa shape index (κ3) is 4.72. The molecule has 0 saturated carbocycles. The summed E-state index contributed by atoms with van der Waals surface area (Å²) >= 11 is 0. The molecule has 10 heteroatoms. The van der Waals surface area contributed by atoms with E-state index in [-0.39, 0.29) is 18.6 Å². The highest BCUT2D eigenvalue weighted by Gasteiger charge is 2.36. The number of aliphatic hydroxyl groups is 2. The summed E-state index contributed by atoms with van der Waals surface area (Å²) in [6.45, 7) is 4.21. The van der Waals surface area contributed by atoms with E-state index in [1.165, 1.54) is 12.1 Å². The third-order valence-corrected chi connectivity index (χ3v) is 6.03. The number of halogens is 3. The number of aliphatic hydroxyl groups excluding tert-OH is 1. The van der Waals surface area contributed by atoms with Crippen LogP contribution in [0.3, 0.4) is 0 Å². The first-order valence-electron chi connectivity index (χ1n) is 10.8. The summed E-state index contributed by atoms with van der Waals surface area (Å²) < 4.78 is 40.9. The predicted molar refractivity (Wildman–Crippen MR) is 119 cm³/mol. The van der Waals surface area contributed by atoms with Crippen molar-refractivity contribution in [1.82, 2.24) is 15.0 Å². The first-order valence-corrected chi connectivity index (χ1v) is 10.8. The van der Waals surface area contributed by atoms with Crippen LogP contribution in [-0.4, -0.2) is 50.5 Å². The smallest absolute Gasteiger partial charge is 0.266 e. The largest absolute Gasteiger partial charge is 0.396 e. The zero-order valence-electron chi connectivity index (χ0n) is 18.4. The summed E-state index contributed by atoms with van der Waals surface area (Å²) in [6, 6.07) is 5.10. The molecule has 1 saturated heterocycles. The van der Waals surface area contributed by atoms with Gasteiger partial charge in [-0.15, -0.1) is 0 Å². The Kier molecular flexibility index (Phi) is 6.40. The number of aryl methyl sites for hydroxylation is 1. The number of anilines is 2. The predicted octanol–water partition coefficient (Wildman–Crippen LogP) is 3.91. The second-order valence-electron chi connectivity index (χ2n) is 8.47. The Balaban J connectivity index is 1.67. The van der Waals surface area contributed by atoms with Crippen LogP contribution in [0, 0.1) is 12.7 Å². The number of nitrogens with one attached hydrogen (secondary N) is 1. The van der Waals surface area contributed by atoms with Crippen molar-refractivity contribution in [2.45, 2.75) is 44.8 Å². The monoisotopic (exact) mass is 461 g/mol. The van der Waals surface area contributed by atoms with Crippen molar-refractivity contribution < 1.29 is 23.4 Å². The maximum atomic E-state index is 14.7. The maximum Gasteiger partial charge on any atom is 0.266 e. The molecule has 3 N–H and O–H groups in total. The molecule has 3 aromatic rings. The van der Waals surface area contributed by atoms with Gasteiger partial charge in [0.25, 0.3) is 6.43 Å². The van der Waals surface area contributed by atoms with Crippen molar-refractivity contribution in [3.8, 4) is 0 Å². The van der Waals surface area contributed by atoms with Crippen LogP contribution < -0.4 is 10.2 Å². The molecule has 1 aliphatic heterocycles. The molecule has 0 bridgehead atoms. The van der Waals surface area contributed by atoms with Gasteiger partial charge in [-0.05, 0) is 26.3 Å². The van der Waals surface area contributed by atoms with Crippen molar-refractivity contribution in [2.24, 2.45) is 0 Å². The number of pyridine rings is 1. The molecular formula is C23H26F3N5O2. The van der Waals surface area contributed by atoms with Gasteiger partial charge in [0.1, 0.15) is 23.3 Å². The lowest BCUT2D eigenvalue weighted by Gasteiger charge is -2.23. The molecule has 3 heterocycles. The molecule has 33 heavy (non-hydrogen) atoms. The van der Waals surface area contributed by atoms with E-state index in [0.717, 1.165) is 6.07 Å². The standard InChI is InChI=1S/C23H26F3N5O2/c1-13(15-4-3-5-16(20(15)24)21(25)26)28-22-17-10-19(27-11-18(17)29-14(2)30-22)31-8-6-23(33,12-31)7-9-32/h3-5,10-11,13,21,32-33H,6-9,12H2,1-2H3,(H,28,29,30)/t13-,23?/m1/s1. The molecular weight excluding hydrogens is 435 g/mol. The quantitative estimate of drug-likeness (QED) is 0.491. The molecule has 0 aliphatic carbocycles.